The van der Waals surface area contributed by atoms with E-state index in [1.54, 1.807) is 6.07 Å². The maximum absolute atomic E-state index is 13.7. The van der Waals surface area contributed by atoms with Crippen molar-refractivity contribution in [3.05, 3.63) is 58.9 Å². The largest absolute Gasteiger partial charge is 0.348 e. The molecule has 2 atom stereocenters. The molecule has 1 saturated heterocycles. The number of benzene rings is 2. The van der Waals surface area contributed by atoms with E-state index in [0.717, 1.165) is 29.7 Å². The lowest BCUT2D eigenvalue weighted by atomic mass is 10.00. The first-order chi connectivity index (χ1) is 15.4. The predicted octanol–water partition coefficient (Wildman–Crippen LogP) is 3.84. The topological polar surface area (TPSA) is 75.9 Å². The molecule has 1 aliphatic heterocycles. The number of amides is 1. The Labute approximate surface area is 191 Å². The molecule has 1 unspecified atom stereocenters. The first kappa shape index (κ1) is 22.4. The summed E-state index contributed by atoms with van der Waals surface area (Å²) < 4.78 is 15.2. The molecule has 1 aliphatic rings. The van der Waals surface area contributed by atoms with Crippen molar-refractivity contribution < 1.29 is 9.18 Å². The summed E-state index contributed by atoms with van der Waals surface area (Å²) in [6, 6.07) is 11.1. The van der Waals surface area contributed by atoms with Crippen molar-refractivity contribution in [2.24, 2.45) is 0 Å². The van der Waals surface area contributed by atoms with Gasteiger partial charge in [0.05, 0.1) is 5.69 Å². The van der Waals surface area contributed by atoms with Gasteiger partial charge in [-0.1, -0.05) is 23.7 Å². The van der Waals surface area contributed by atoms with Gasteiger partial charge in [-0.3, -0.25) is 9.69 Å². The Morgan fingerprint density at radius 1 is 1.31 bits per heavy atom. The molecule has 1 aromatic heterocycles. The van der Waals surface area contributed by atoms with Crippen LogP contribution in [0.25, 0.3) is 16.8 Å². The Morgan fingerprint density at radius 3 is 2.88 bits per heavy atom. The number of nitrogens with one attached hydrogen (secondary N) is 1. The average molecular weight is 457 g/mol. The van der Waals surface area contributed by atoms with Crippen molar-refractivity contribution in [1.29, 1.82) is 0 Å². The smallest absolute Gasteiger partial charge is 0.251 e. The zero-order valence-electron chi connectivity index (χ0n) is 18.1. The van der Waals surface area contributed by atoms with Gasteiger partial charge in [0.15, 0.2) is 0 Å². The van der Waals surface area contributed by atoms with E-state index in [4.69, 9.17) is 11.6 Å². The number of halogens is 2. The third kappa shape index (κ3) is 5.31. The van der Waals surface area contributed by atoms with Crippen LogP contribution >= 0.6 is 11.6 Å². The number of rotatable bonds is 6. The predicted molar refractivity (Wildman–Crippen MR) is 122 cm³/mol. The van der Waals surface area contributed by atoms with Gasteiger partial charge in [0, 0.05) is 35.3 Å². The fourth-order valence-electron chi connectivity index (χ4n) is 4.07. The van der Waals surface area contributed by atoms with Crippen LogP contribution in [0.15, 0.2) is 42.7 Å². The number of nitrogens with zero attached hydrogens (tertiary/aromatic N) is 5. The van der Waals surface area contributed by atoms with E-state index in [0.29, 0.717) is 35.8 Å². The van der Waals surface area contributed by atoms with Gasteiger partial charge in [0.25, 0.3) is 5.91 Å². The van der Waals surface area contributed by atoms with Crippen LogP contribution in [0.2, 0.25) is 5.02 Å². The minimum atomic E-state index is -0.790. The highest BCUT2D eigenvalue weighted by molar-refractivity contribution is 6.33. The number of carbonyl (C=O) groups is 1. The van der Waals surface area contributed by atoms with Gasteiger partial charge in [-0.15, -0.1) is 5.10 Å². The number of tetrazole rings is 1. The number of piperidine rings is 1. The number of aromatic nitrogens is 4. The molecular weight excluding hydrogens is 431 g/mol. The highest BCUT2D eigenvalue weighted by Crippen LogP contribution is 2.31. The Kier molecular flexibility index (Phi) is 6.81. The zero-order chi connectivity index (χ0) is 22.7. The third-order valence-electron chi connectivity index (χ3n) is 5.59. The lowest BCUT2D eigenvalue weighted by molar-refractivity contribution is 0.0908. The Bertz CT molecular complexity index is 1090. The van der Waals surface area contributed by atoms with E-state index in [2.05, 4.69) is 25.7 Å². The van der Waals surface area contributed by atoms with Gasteiger partial charge in [0.2, 0.25) is 0 Å². The zero-order valence-corrected chi connectivity index (χ0v) is 18.9. The Hall–Kier alpha value is -2.84. The summed E-state index contributed by atoms with van der Waals surface area (Å²) in [5.74, 6) is -0.217. The second-order valence-corrected chi connectivity index (χ2v) is 8.79. The lowest BCUT2D eigenvalue weighted by Crippen LogP contribution is -2.46. The molecule has 0 radical (unpaired) electrons. The summed E-state index contributed by atoms with van der Waals surface area (Å²) in [4.78, 5) is 15.2. The van der Waals surface area contributed by atoms with Crippen LogP contribution in [0.5, 0.6) is 0 Å². The van der Waals surface area contributed by atoms with Crippen molar-refractivity contribution in [1.82, 2.24) is 30.4 Å². The van der Waals surface area contributed by atoms with Crippen LogP contribution < -0.4 is 5.32 Å². The highest BCUT2D eigenvalue weighted by Gasteiger charge is 2.22. The van der Waals surface area contributed by atoms with Crippen LogP contribution in [0.4, 0.5) is 4.39 Å². The van der Waals surface area contributed by atoms with E-state index in [1.807, 2.05) is 44.2 Å². The molecule has 0 saturated carbocycles. The van der Waals surface area contributed by atoms with Gasteiger partial charge in [-0.05, 0) is 79.1 Å². The number of hydrogen-bond donors (Lipinski definition) is 1. The summed E-state index contributed by atoms with van der Waals surface area (Å²) in [5, 5.41) is 15.0. The van der Waals surface area contributed by atoms with E-state index in [-0.39, 0.29) is 11.9 Å². The van der Waals surface area contributed by atoms with Gasteiger partial charge in [-0.2, -0.15) is 0 Å². The molecule has 32 heavy (non-hydrogen) atoms. The van der Waals surface area contributed by atoms with E-state index in [9.17, 15) is 9.18 Å². The SMILES string of the molecule is Cc1ccc(-c2cc(C(=O)N[C@H](C)CN3CCCC(F)C3)cc(-n3cnnn3)c2)c(Cl)c1. The number of alkyl halides is 1. The minimum absolute atomic E-state index is 0.129. The quantitative estimate of drug-likeness (QED) is 0.609. The molecule has 2 aromatic carbocycles. The molecule has 2 heterocycles. The monoisotopic (exact) mass is 456 g/mol. The molecule has 4 rings (SSSR count). The standard InChI is InChI=1S/C23H26ClFN6O/c1-15-5-6-21(22(24)8-15)17-9-18(11-20(10-17)31-14-26-28-29-31)23(32)27-16(2)12-30-7-3-4-19(25)13-30/h5-6,8-11,14,16,19H,3-4,7,12-13H2,1-2H3,(H,27,32)/t16-,19?/m1/s1. The van der Waals surface area contributed by atoms with Crippen molar-refractivity contribution in [3.63, 3.8) is 0 Å². The average Bonchev–Trinajstić information content (AvgIpc) is 3.28. The molecule has 1 fully saturated rings. The first-order valence-electron chi connectivity index (χ1n) is 10.7. The normalized spacial score (nSPS) is 17.8. The van der Waals surface area contributed by atoms with Gasteiger partial charge >= 0.3 is 0 Å². The molecular formula is C23H26ClFN6O. The molecule has 1 amide bonds. The Balaban J connectivity index is 1.59. The summed E-state index contributed by atoms with van der Waals surface area (Å²) in [6.07, 6.45) is 2.15. The highest BCUT2D eigenvalue weighted by atomic mass is 35.5. The third-order valence-corrected chi connectivity index (χ3v) is 5.90. The number of carbonyl (C=O) groups excluding carboxylic acids is 1. The van der Waals surface area contributed by atoms with Crippen LogP contribution in [0, 0.1) is 6.92 Å². The number of likely N-dealkylation sites (tertiary alicyclic amines) is 1. The molecule has 7 nitrogen and oxygen atoms in total. The molecule has 0 aliphatic carbocycles. The van der Waals surface area contributed by atoms with Gasteiger partial charge in [-0.25, -0.2) is 9.07 Å². The fourth-order valence-corrected chi connectivity index (χ4v) is 4.41. The maximum Gasteiger partial charge on any atom is 0.251 e. The molecule has 168 valence electrons. The minimum Gasteiger partial charge on any atom is -0.348 e. The van der Waals surface area contributed by atoms with Crippen molar-refractivity contribution in [3.8, 4) is 16.8 Å². The van der Waals surface area contributed by atoms with Crippen LogP contribution in [-0.2, 0) is 0 Å². The van der Waals surface area contributed by atoms with Crippen LogP contribution in [0.3, 0.4) is 0 Å². The van der Waals surface area contributed by atoms with Crippen LogP contribution in [0.1, 0.15) is 35.7 Å². The maximum atomic E-state index is 13.7. The molecule has 0 spiro atoms. The summed E-state index contributed by atoms with van der Waals surface area (Å²) in [5.41, 5.74) is 3.78. The van der Waals surface area contributed by atoms with Crippen LogP contribution in [-0.4, -0.2) is 62.9 Å². The summed E-state index contributed by atoms with van der Waals surface area (Å²) in [7, 11) is 0. The van der Waals surface area contributed by atoms with E-state index < -0.39 is 6.17 Å². The second-order valence-electron chi connectivity index (χ2n) is 8.38. The van der Waals surface area contributed by atoms with Crippen molar-refractivity contribution >= 4 is 17.5 Å². The molecule has 1 N–H and O–H groups in total. The molecule has 3 aromatic rings. The van der Waals surface area contributed by atoms with E-state index >= 15 is 0 Å². The number of aryl methyl sites for hydroxylation is 1. The molecule has 0 bridgehead atoms. The second kappa shape index (κ2) is 9.75. The summed E-state index contributed by atoms with van der Waals surface area (Å²) in [6.45, 7) is 5.79. The number of hydrogen-bond acceptors (Lipinski definition) is 5. The van der Waals surface area contributed by atoms with Crippen molar-refractivity contribution in [2.75, 3.05) is 19.6 Å². The van der Waals surface area contributed by atoms with E-state index in [1.165, 1.54) is 11.0 Å². The Morgan fingerprint density at radius 2 is 2.16 bits per heavy atom. The van der Waals surface area contributed by atoms with Crippen molar-refractivity contribution in [2.45, 2.75) is 38.9 Å². The van der Waals surface area contributed by atoms with Gasteiger partial charge in [0.1, 0.15) is 12.5 Å². The summed E-state index contributed by atoms with van der Waals surface area (Å²) >= 11 is 6.49. The lowest BCUT2D eigenvalue weighted by Gasteiger charge is -2.31. The molecule has 9 heteroatoms. The first-order valence-corrected chi connectivity index (χ1v) is 11.1. The fraction of sp³-hybridized carbons (Fsp3) is 0.391. The van der Waals surface area contributed by atoms with Gasteiger partial charge < -0.3 is 5.32 Å².